The molecule has 0 aliphatic carbocycles. The SMILES string of the molecule is CCC(C(=O)N(C)Cc1ccccc1Br)c1ccccc1. The van der Waals surface area contributed by atoms with Gasteiger partial charge in [0.25, 0.3) is 0 Å². The molecule has 0 saturated heterocycles. The Morgan fingerprint density at radius 2 is 1.71 bits per heavy atom. The molecule has 1 atom stereocenters. The zero-order chi connectivity index (χ0) is 15.2. The third kappa shape index (κ3) is 3.94. The first-order chi connectivity index (χ1) is 10.1. The minimum atomic E-state index is -0.0707. The van der Waals surface area contributed by atoms with Crippen LogP contribution in [0.5, 0.6) is 0 Å². The maximum absolute atomic E-state index is 12.7. The Morgan fingerprint density at radius 1 is 1.10 bits per heavy atom. The van der Waals surface area contributed by atoms with Crippen molar-refractivity contribution in [2.75, 3.05) is 7.05 Å². The number of rotatable bonds is 5. The summed E-state index contributed by atoms with van der Waals surface area (Å²) in [6.07, 6.45) is 0.809. The molecule has 2 aromatic carbocycles. The lowest BCUT2D eigenvalue weighted by Gasteiger charge is -2.24. The minimum absolute atomic E-state index is 0.0707. The summed E-state index contributed by atoms with van der Waals surface area (Å²) in [5.41, 5.74) is 2.21. The number of hydrogen-bond acceptors (Lipinski definition) is 1. The Balaban J connectivity index is 2.13. The number of nitrogens with zero attached hydrogens (tertiary/aromatic N) is 1. The van der Waals surface area contributed by atoms with Crippen LogP contribution in [0.3, 0.4) is 0 Å². The molecular weight excluding hydrogens is 326 g/mol. The number of hydrogen-bond donors (Lipinski definition) is 0. The monoisotopic (exact) mass is 345 g/mol. The minimum Gasteiger partial charge on any atom is -0.341 e. The van der Waals surface area contributed by atoms with Crippen molar-refractivity contribution in [3.05, 3.63) is 70.2 Å². The van der Waals surface area contributed by atoms with E-state index in [4.69, 9.17) is 0 Å². The summed E-state index contributed by atoms with van der Waals surface area (Å²) >= 11 is 3.53. The van der Waals surface area contributed by atoms with Crippen molar-refractivity contribution >= 4 is 21.8 Å². The van der Waals surface area contributed by atoms with Crippen molar-refractivity contribution in [1.29, 1.82) is 0 Å². The van der Waals surface area contributed by atoms with E-state index in [-0.39, 0.29) is 11.8 Å². The van der Waals surface area contributed by atoms with Crippen LogP contribution >= 0.6 is 15.9 Å². The smallest absolute Gasteiger partial charge is 0.230 e. The third-order valence-electron chi connectivity index (χ3n) is 3.65. The molecule has 1 amide bonds. The van der Waals surface area contributed by atoms with E-state index >= 15 is 0 Å². The van der Waals surface area contributed by atoms with Gasteiger partial charge < -0.3 is 4.90 Å². The summed E-state index contributed by atoms with van der Waals surface area (Å²) < 4.78 is 1.04. The molecule has 0 aromatic heterocycles. The summed E-state index contributed by atoms with van der Waals surface area (Å²) in [4.78, 5) is 14.5. The molecule has 21 heavy (non-hydrogen) atoms. The van der Waals surface area contributed by atoms with Crippen LogP contribution in [-0.2, 0) is 11.3 Å². The molecule has 2 aromatic rings. The van der Waals surface area contributed by atoms with Crippen LogP contribution < -0.4 is 0 Å². The van der Waals surface area contributed by atoms with Crippen LogP contribution in [0.4, 0.5) is 0 Å². The number of carbonyl (C=O) groups excluding carboxylic acids is 1. The zero-order valence-electron chi connectivity index (χ0n) is 12.4. The van der Waals surface area contributed by atoms with Crippen molar-refractivity contribution < 1.29 is 4.79 Å². The van der Waals surface area contributed by atoms with E-state index in [1.807, 2.05) is 61.6 Å². The average Bonchev–Trinajstić information content (AvgIpc) is 2.51. The van der Waals surface area contributed by atoms with Gasteiger partial charge in [-0.3, -0.25) is 4.79 Å². The fraction of sp³-hybridized carbons (Fsp3) is 0.278. The van der Waals surface area contributed by atoms with E-state index in [2.05, 4.69) is 22.9 Å². The van der Waals surface area contributed by atoms with Crippen molar-refractivity contribution in [3.63, 3.8) is 0 Å². The van der Waals surface area contributed by atoms with Crippen molar-refractivity contribution in [2.45, 2.75) is 25.8 Å². The van der Waals surface area contributed by atoms with Crippen LogP contribution in [0.25, 0.3) is 0 Å². The van der Waals surface area contributed by atoms with E-state index in [0.29, 0.717) is 6.54 Å². The Morgan fingerprint density at radius 3 is 2.33 bits per heavy atom. The molecule has 0 radical (unpaired) electrons. The van der Waals surface area contributed by atoms with E-state index in [9.17, 15) is 4.79 Å². The first-order valence-corrected chi connectivity index (χ1v) is 7.96. The maximum Gasteiger partial charge on any atom is 0.230 e. The lowest BCUT2D eigenvalue weighted by molar-refractivity contribution is -0.132. The van der Waals surface area contributed by atoms with Gasteiger partial charge in [-0.05, 0) is 23.6 Å². The molecule has 3 heteroatoms. The fourth-order valence-corrected chi connectivity index (χ4v) is 2.87. The van der Waals surface area contributed by atoms with E-state index in [1.54, 1.807) is 4.90 Å². The predicted molar refractivity (Wildman–Crippen MR) is 90.1 cm³/mol. The van der Waals surface area contributed by atoms with E-state index < -0.39 is 0 Å². The van der Waals surface area contributed by atoms with Crippen LogP contribution in [0, 0.1) is 0 Å². The Bertz CT molecular complexity index is 597. The highest BCUT2D eigenvalue weighted by molar-refractivity contribution is 9.10. The summed E-state index contributed by atoms with van der Waals surface area (Å²) in [5.74, 6) is 0.0955. The Labute approximate surface area is 134 Å². The van der Waals surface area contributed by atoms with Gasteiger partial charge in [0.1, 0.15) is 0 Å². The number of amides is 1. The Kier molecular flexibility index (Phi) is 5.57. The molecule has 0 N–H and O–H groups in total. The molecule has 0 fully saturated rings. The lowest BCUT2D eigenvalue weighted by atomic mass is 9.95. The highest BCUT2D eigenvalue weighted by Gasteiger charge is 2.22. The molecule has 0 aliphatic rings. The second-order valence-corrected chi connectivity index (χ2v) is 6.01. The molecule has 110 valence electrons. The number of halogens is 1. The standard InChI is InChI=1S/C18H20BrNO/c1-3-16(14-9-5-4-6-10-14)18(21)20(2)13-15-11-7-8-12-17(15)19/h4-12,16H,3,13H2,1-2H3. The predicted octanol–water partition coefficient (Wildman–Crippen LogP) is 4.60. The quantitative estimate of drug-likeness (QED) is 0.775. The van der Waals surface area contributed by atoms with Crippen molar-refractivity contribution in [2.24, 2.45) is 0 Å². The van der Waals surface area contributed by atoms with Crippen LogP contribution in [0.1, 0.15) is 30.4 Å². The third-order valence-corrected chi connectivity index (χ3v) is 4.42. The van der Waals surface area contributed by atoms with Gasteiger partial charge in [0.05, 0.1) is 5.92 Å². The molecule has 0 heterocycles. The van der Waals surface area contributed by atoms with Crippen molar-refractivity contribution in [3.8, 4) is 0 Å². The maximum atomic E-state index is 12.7. The second kappa shape index (κ2) is 7.41. The van der Waals surface area contributed by atoms with Crippen LogP contribution in [-0.4, -0.2) is 17.9 Å². The highest BCUT2D eigenvalue weighted by Crippen LogP contribution is 2.23. The van der Waals surface area contributed by atoms with Gasteiger partial charge in [-0.2, -0.15) is 0 Å². The van der Waals surface area contributed by atoms with Gasteiger partial charge in [-0.25, -0.2) is 0 Å². The highest BCUT2D eigenvalue weighted by atomic mass is 79.9. The fourth-order valence-electron chi connectivity index (χ4n) is 2.46. The first-order valence-electron chi connectivity index (χ1n) is 7.16. The van der Waals surface area contributed by atoms with Gasteiger partial charge in [0.15, 0.2) is 0 Å². The van der Waals surface area contributed by atoms with Crippen LogP contribution in [0.15, 0.2) is 59.1 Å². The molecular formula is C18H20BrNO. The molecule has 2 rings (SSSR count). The first kappa shape index (κ1) is 15.8. The number of benzene rings is 2. The zero-order valence-corrected chi connectivity index (χ0v) is 14.0. The van der Waals surface area contributed by atoms with Crippen molar-refractivity contribution in [1.82, 2.24) is 4.90 Å². The van der Waals surface area contributed by atoms with Gasteiger partial charge in [0.2, 0.25) is 5.91 Å². The normalized spacial score (nSPS) is 12.0. The number of likely N-dealkylation sites (N-methyl/N-ethyl adjacent to an activating group) is 1. The van der Waals surface area contributed by atoms with Gasteiger partial charge in [-0.15, -0.1) is 0 Å². The van der Waals surface area contributed by atoms with Crippen LogP contribution in [0.2, 0.25) is 0 Å². The Hall–Kier alpha value is -1.61. The van der Waals surface area contributed by atoms with Gasteiger partial charge in [0, 0.05) is 18.1 Å². The summed E-state index contributed by atoms with van der Waals surface area (Å²) in [5, 5.41) is 0. The van der Waals surface area contributed by atoms with E-state index in [1.165, 1.54) is 0 Å². The number of carbonyl (C=O) groups is 1. The molecule has 0 spiro atoms. The van der Waals surface area contributed by atoms with Gasteiger partial charge in [-0.1, -0.05) is 71.4 Å². The summed E-state index contributed by atoms with van der Waals surface area (Å²) in [6, 6.07) is 18.0. The molecule has 0 bridgehead atoms. The largest absolute Gasteiger partial charge is 0.341 e. The second-order valence-electron chi connectivity index (χ2n) is 5.16. The molecule has 0 aliphatic heterocycles. The molecule has 2 nitrogen and oxygen atoms in total. The summed E-state index contributed by atoms with van der Waals surface area (Å²) in [7, 11) is 1.87. The lowest BCUT2D eigenvalue weighted by Crippen LogP contribution is -2.31. The average molecular weight is 346 g/mol. The molecule has 0 saturated carbocycles. The summed E-state index contributed by atoms with van der Waals surface area (Å²) in [6.45, 7) is 2.67. The van der Waals surface area contributed by atoms with Gasteiger partial charge >= 0.3 is 0 Å². The topological polar surface area (TPSA) is 20.3 Å². The van der Waals surface area contributed by atoms with E-state index in [0.717, 1.165) is 22.0 Å². The molecule has 1 unspecified atom stereocenters.